The smallest absolute Gasteiger partial charge is 0.0701 e. The van der Waals surface area contributed by atoms with E-state index in [9.17, 15) is 0 Å². The molecule has 1 aromatic heterocycles. The molecule has 1 unspecified atom stereocenters. The maximum Gasteiger partial charge on any atom is 0.0701 e. The van der Waals surface area contributed by atoms with Crippen LogP contribution in [0.3, 0.4) is 0 Å². The molecule has 108 valence electrons. The van der Waals surface area contributed by atoms with Crippen LogP contribution in [0.1, 0.15) is 24.3 Å². The Kier molecular flexibility index (Phi) is 6.29. The molecule has 19 heavy (non-hydrogen) atoms. The fraction of sp³-hybridized carbons (Fsp3) is 0.714. The lowest BCUT2D eigenvalue weighted by Crippen LogP contribution is -2.45. The number of hydrogen-bond donors (Lipinski definition) is 1. The highest BCUT2D eigenvalue weighted by Crippen LogP contribution is 2.26. The van der Waals surface area contributed by atoms with Gasteiger partial charge in [0.05, 0.1) is 3.79 Å². The van der Waals surface area contributed by atoms with Gasteiger partial charge in [0, 0.05) is 37.1 Å². The molecule has 1 saturated heterocycles. The van der Waals surface area contributed by atoms with Crippen LogP contribution in [0.2, 0.25) is 0 Å². The van der Waals surface area contributed by atoms with Crippen molar-refractivity contribution in [3.05, 3.63) is 20.8 Å². The average molecular weight is 346 g/mol. The molecule has 1 aliphatic heterocycles. The SMILES string of the molecule is CC(NCCCN1CCN(C)CC1)c1ccc(Br)s1. The Morgan fingerprint density at radius 3 is 2.68 bits per heavy atom. The molecule has 1 atom stereocenters. The maximum atomic E-state index is 3.61. The van der Waals surface area contributed by atoms with Crippen LogP contribution in [-0.4, -0.2) is 56.1 Å². The van der Waals surface area contributed by atoms with Crippen molar-refractivity contribution in [2.45, 2.75) is 19.4 Å². The summed E-state index contributed by atoms with van der Waals surface area (Å²) in [7, 11) is 2.21. The molecule has 0 amide bonds. The van der Waals surface area contributed by atoms with Crippen molar-refractivity contribution in [3.63, 3.8) is 0 Å². The highest BCUT2D eigenvalue weighted by molar-refractivity contribution is 9.11. The predicted molar refractivity (Wildman–Crippen MR) is 87.0 cm³/mol. The van der Waals surface area contributed by atoms with Crippen LogP contribution in [0.5, 0.6) is 0 Å². The summed E-state index contributed by atoms with van der Waals surface area (Å²) in [6.45, 7) is 9.45. The third-order valence-corrected chi connectivity index (χ3v) is 5.52. The third kappa shape index (κ3) is 5.16. The first-order valence-corrected chi connectivity index (χ1v) is 8.65. The fourth-order valence-corrected chi connectivity index (χ4v) is 3.80. The first-order valence-electron chi connectivity index (χ1n) is 7.04. The van der Waals surface area contributed by atoms with Gasteiger partial charge >= 0.3 is 0 Å². The van der Waals surface area contributed by atoms with Gasteiger partial charge in [-0.3, -0.25) is 0 Å². The van der Waals surface area contributed by atoms with Crippen molar-refractivity contribution in [1.82, 2.24) is 15.1 Å². The Morgan fingerprint density at radius 1 is 1.32 bits per heavy atom. The van der Waals surface area contributed by atoms with Crippen LogP contribution >= 0.6 is 27.3 Å². The summed E-state index contributed by atoms with van der Waals surface area (Å²) in [5, 5.41) is 3.61. The van der Waals surface area contributed by atoms with E-state index >= 15 is 0 Å². The molecule has 1 fully saturated rings. The van der Waals surface area contributed by atoms with Crippen LogP contribution < -0.4 is 5.32 Å². The molecular formula is C14H24BrN3S. The van der Waals surface area contributed by atoms with Gasteiger partial charge in [0.15, 0.2) is 0 Å². The molecule has 0 bridgehead atoms. The van der Waals surface area contributed by atoms with E-state index in [2.05, 4.69) is 57.2 Å². The molecule has 2 rings (SSSR count). The number of hydrogen-bond acceptors (Lipinski definition) is 4. The molecule has 0 aromatic carbocycles. The van der Waals surface area contributed by atoms with Crippen molar-refractivity contribution in [2.75, 3.05) is 46.3 Å². The number of likely N-dealkylation sites (N-methyl/N-ethyl adjacent to an activating group) is 1. The first-order chi connectivity index (χ1) is 9.15. The number of nitrogens with zero attached hydrogens (tertiary/aromatic N) is 2. The zero-order valence-electron chi connectivity index (χ0n) is 11.9. The van der Waals surface area contributed by atoms with Crippen molar-refractivity contribution >= 4 is 27.3 Å². The van der Waals surface area contributed by atoms with E-state index in [1.165, 1.54) is 47.8 Å². The molecule has 0 saturated carbocycles. The minimum absolute atomic E-state index is 0.462. The minimum Gasteiger partial charge on any atom is -0.309 e. The molecular weight excluding hydrogens is 322 g/mol. The topological polar surface area (TPSA) is 18.5 Å². The maximum absolute atomic E-state index is 3.61. The molecule has 3 nitrogen and oxygen atoms in total. The quantitative estimate of drug-likeness (QED) is 0.799. The summed E-state index contributed by atoms with van der Waals surface area (Å²) in [6.07, 6.45) is 1.24. The standard InChI is InChI=1S/C14H24BrN3S/c1-12(13-4-5-14(15)19-13)16-6-3-7-18-10-8-17(2)9-11-18/h4-5,12,16H,3,6-11H2,1-2H3. The van der Waals surface area contributed by atoms with Gasteiger partial charge in [-0.25, -0.2) is 0 Å². The fourth-order valence-electron chi connectivity index (χ4n) is 2.35. The molecule has 1 aromatic rings. The van der Waals surface area contributed by atoms with Gasteiger partial charge in [0.2, 0.25) is 0 Å². The Hall–Kier alpha value is 0.0600. The number of nitrogens with one attached hydrogen (secondary N) is 1. The van der Waals surface area contributed by atoms with Gasteiger partial charge in [-0.2, -0.15) is 0 Å². The average Bonchev–Trinajstić information content (AvgIpc) is 2.83. The predicted octanol–water partition coefficient (Wildman–Crippen LogP) is 2.80. The molecule has 1 N–H and O–H groups in total. The molecule has 1 aliphatic rings. The second-order valence-electron chi connectivity index (χ2n) is 5.32. The van der Waals surface area contributed by atoms with Gasteiger partial charge in [-0.1, -0.05) is 0 Å². The van der Waals surface area contributed by atoms with Crippen LogP contribution in [0, 0.1) is 0 Å². The van der Waals surface area contributed by atoms with Gasteiger partial charge < -0.3 is 15.1 Å². The highest BCUT2D eigenvalue weighted by Gasteiger charge is 2.13. The van der Waals surface area contributed by atoms with Crippen LogP contribution in [-0.2, 0) is 0 Å². The van der Waals surface area contributed by atoms with E-state index < -0.39 is 0 Å². The van der Waals surface area contributed by atoms with E-state index in [4.69, 9.17) is 0 Å². The summed E-state index contributed by atoms with van der Waals surface area (Å²) >= 11 is 5.34. The van der Waals surface area contributed by atoms with E-state index in [-0.39, 0.29) is 0 Å². The Balaban J connectivity index is 1.59. The summed E-state index contributed by atoms with van der Waals surface area (Å²) in [6, 6.07) is 4.79. The van der Waals surface area contributed by atoms with Gasteiger partial charge in [-0.05, 0) is 61.5 Å². The zero-order valence-corrected chi connectivity index (χ0v) is 14.3. The van der Waals surface area contributed by atoms with E-state index in [1.54, 1.807) is 0 Å². The van der Waals surface area contributed by atoms with Gasteiger partial charge in [0.1, 0.15) is 0 Å². The number of halogens is 1. The highest BCUT2D eigenvalue weighted by atomic mass is 79.9. The Bertz CT molecular complexity index is 375. The van der Waals surface area contributed by atoms with Crippen LogP contribution in [0.25, 0.3) is 0 Å². The lowest BCUT2D eigenvalue weighted by Gasteiger charge is -2.32. The normalized spacial score (nSPS) is 19.7. The monoisotopic (exact) mass is 345 g/mol. The molecule has 2 heterocycles. The van der Waals surface area contributed by atoms with E-state index in [1.807, 2.05) is 11.3 Å². The van der Waals surface area contributed by atoms with Crippen molar-refractivity contribution in [1.29, 1.82) is 0 Å². The lowest BCUT2D eigenvalue weighted by molar-refractivity contribution is 0.152. The molecule has 0 radical (unpaired) electrons. The van der Waals surface area contributed by atoms with Gasteiger partial charge in [0.25, 0.3) is 0 Å². The summed E-state index contributed by atoms with van der Waals surface area (Å²) < 4.78 is 1.22. The summed E-state index contributed by atoms with van der Waals surface area (Å²) in [5.74, 6) is 0. The van der Waals surface area contributed by atoms with E-state index in [0.717, 1.165) is 6.54 Å². The number of rotatable bonds is 6. The summed E-state index contributed by atoms with van der Waals surface area (Å²) in [5.41, 5.74) is 0. The number of thiophene rings is 1. The first kappa shape index (κ1) is 15.4. The second-order valence-corrected chi connectivity index (χ2v) is 7.81. The van der Waals surface area contributed by atoms with Gasteiger partial charge in [-0.15, -0.1) is 11.3 Å². The lowest BCUT2D eigenvalue weighted by atomic mass is 10.2. The Labute approximate surface area is 129 Å². The second kappa shape index (κ2) is 7.74. The van der Waals surface area contributed by atoms with E-state index in [0.29, 0.717) is 6.04 Å². The van der Waals surface area contributed by atoms with Crippen molar-refractivity contribution in [3.8, 4) is 0 Å². The summed E-state index contributed by atoms with van der Waals surface area (Å²) in [4.78, 5) is 6.39. The zero-order chi connectivity index (χ0) is 13.7. The largest absolute Gasteiger partial charge is 0.309 e. The molecule has 0 aliphatic carbocycles. The van der Waals surface area contributed by atoms with Crippen molar-refractivity contribution in [2.24, 2.45) is 0 Å². The van der Waals surface area contributed by atoms with Crippen LogP contribution in [0.4, 0.5) is 0 Å². The molecule has 5 heteroatoms. The van der Waals surface area contributed by atoms with Crippen LogP contribution in [0.15, 0.2) is 15.9 Å². The number of piperazine rings is 1. The Morgan fingerprint density at radius 2 is 2.05 bits per heavy atom. The third-order valence-electron chi connectivity index (χ3n) is 3.72. The minimum atomic E-state index is 0.462. The molecule has 0 spiro atoms. The van der Waals surface area contributed by atoms with Crippen molar-refractivity contribution < 1.29 is 0 Å².